The molecule has 1 fully saturated rings. The van der Waals surface area contributed by atoms with E-state index in [1.54, 1.807) is 0 Å². The van der Waals surface area contributed by atoms with E-state index in [0.717, 1.165) is 12.8 Å². The summed E-state index contributed by atoms with van der Waals surface area (Å²) in [6, 6.07) is 0. The first-order chi connectivity index (χ1) is 7.47. The summed E-state index contributed by atoms with van der Waals surface area (Å²) in [5.74, 6) is 0.396. The molecule has 0 aromatic heterocycles. The molecule has 2 N–H and O–H groups in total. The minimum absolute atomic E-state index is 0.0700. The quantitative estimate of drug-likeness (QED) is 0.676. The van der Waals surface area contributed by atoms with Gasteiger partial charge in [0.05, 0.1) is 6.54 Å². The van der Waals surface area contributed by atoms with E-state index < -0.39 is 5.51 Å². The van der Waals surface area contributed by atoms with Crippen LogP contribution in [0.3, 0.4) is 0 Å². The summed E-state index contributed by atoms with van der Waals surface area (Å²) in [7, 11) is 0. The lowest BCUT2D eigenvalue weighted by Gasteiger charge is -2.07. The molecule has 0 heterocycles. The van der Waals surface area contributed by atoms with E-state index in [9.17, 15) is 18.0 Å². The fourth-order valence-electron chi connectivity index (χ4n) is 1.08. The van der Waals surface area contributed by atoms with E-state index in [1.807, 2.05) is 0 Å². The van der Waals surface area contributed by atoms with Crippen molar-refractivity contribution in [1.29, 1.82) is 0 Å². The first-order valence-corrected chi connectivity index (χ1v) is 6.14. The number of hydrogen-bond donors (Lipinski definition) is 2. The summed E-state index contributed by atoms with van der Waals surface area (Å²) in [6.07, 6.45) is 2.33. The van der Waals surface area contributed by atoms with Gasteiger partial charge < -0.3 is 10.6 Å². The van der Waals surface area contributed by atoms with Gasteiger partial charge in [0.1, 0.15) is 0 Å². The van der Waals surface area contributed by atoms with Crippen LogP contribution in [0.25, 0.3) is 0 Å². The highest BCUT2D eigenvalue weighted by molar-refractivity contribution is 8.00. The van der Waals surface area contributed by atoms with Crippen LogP contribution in [-0.4, -0.2) is 36.8 Å². The van der Waals surface area contributed by atoms with Crippen molar-refractivity contribution in [3.8, 4) is 0 Å². The second-order valence-corrected chi connectivity index (χ2v) is 4.88. The van der Waals surface area contributed by atoms with Gasteiger partial charge in [-0.15, -0.1) is 0 Å². The van der Waals surface area contributed by atoms with Gasteiger partial charge >= 0.3 is 5.51 Å². The summed E-state index contributed by atoms with van der Waals surface area (Å²) >= 11 is -0.0807. The summed E-state index contributed by atoms with van der Waals surface area (Å²) in [5, 5.41) is 5.39. The zero-order chi connectivity index (χ0) is 12.0. The van der Waals surface area contributed by atoms with Crippen molar-refractivity contribution < 1.29 is 18.0 Å². The van der Waals surface area contributed by atoms with Crippen LogP contribution in [0.15, 0.2) is 0 Å². The lowest BCUT2D eigenvalue weighted by molar-refractivity contribution is -0.120. The number of nitrogens with one attached hydrogen (secondary N) is 2. The number of thioether (sulfide) groups is 1. The molecule has 0 aromatic carbocycles. The topological polar surface area (TPSA) is 41.1 Å². The summed E-state index contributed by atoms with van der Waals surface area (Å²) in [5.41, 5.74) is -4.18. The molecule has 1 amide bonds. The largest absolute Gasteiger partial charge is 0.441 e. The summed E-state index contributed by atoms with van der Waals surface area (Å²) < 4.78 is 35.1. The van der Waals surface area contributed by atoms with Gasteiger partial charge in [0, 0.05) is 18.8 Å². The zero-order valence-electron chi connectivity index (χ0n) is 8.77. The number of halogens is 3. The Morgan fingerprint density at radius 3 is 2.62 bits per heavy atom. The predicted molar refractivity (Wildman–Crippen MR) is 57.1 cm³/mol. The molecule has 1 aliphatic rings. The summed E-state index contributed by atoms with van der Waals surface area (Å²) in [6.45, 7) is 0.962. The van der Waals surface area contributed by atoms with Crippen LogP contribution >= 0.6 is 11.8 Å². The Kier molecular flexibility index (Phi) is 5.40. The van der Waals surface area contributed by atoms with Crippen molar-refractivity contribution in [3.63, 3.8) is 0 Å². The molecule has 94 valence electrons. The van der Waals surface area contributed by atoms with Crippen molar-refractivity contribution in [3.05, 3.63) is 0 Å². The minimum atomic E-state index is -4.18. The maximum Gasteiger partial charge on any atom is 0.441 e. The Bertz CT molecular complexity index is 231. The van der Waals surface area contributed by atoms with Gasteiger partial charge in [0.25, 0.3) is 0 Å². The zero-order valence-corrected chi connectivity index (χ0v) is 9.59. The smallest absolute Gasteiger partial charge is 0.355 e. The number of alkyl halides is 3. The third kappa shape index (κ3) is 7.81. The van der Waals surface area contributed by atoms with Crippen LogP contribution in [0.5, 0.6) is 0 Å². The van der Waals surface area contributed by atoms with Crippen LogP contribution in [0, 0.1) is 5.92 Å². The third-order valence-corrected chi connectivity index (χ3v) is 2.85. The maximum atomic E-state index is 11.7. The van der Waals surface area contributed by atoms with Gasteiger partial charge in [-0.1, -0.05) is 0 Å². The molecular weight excluding hydrogens is 241 g/mol. The maximum absolute atomic E-state index is 11.7. The fraction of sp³-hybridized carbons (Fsp3) is 0.889. The molecule has 0 aliphatic heterocycles. The van der Waals surface area contributed by atoms with Crippen LogP contribution in [0.2, 0.25) is 0 Å². The molecule has 0 saturated heterocycles. The molecule has 0 aromatic rings. The Morgan fingerprint density at radius 2 is 2.06 bits per heavy atom. The van der Waals surface area contributed by atoms with E-state index >= 15 is 0 Å². The molecular formula is C9H15F3N2OS. The SMILES string of the molecule is O=C(CNCCSC(F)(F)F)NCC1CC1. The second-order valence-electron chi connectivity index (χ2n) is 3.72. The highest BCUT2D eigenvalue weighted by Gasteiger charge is 2.27. The van der Waals surface area contributed by atoms with Gasteiger partial charge in [-0.2, -0.15) is 13.2 Å². The second kappa shape index (κ2) is 6.34. The molecule has 3 nitrogen and oxygen atoms in total. The standard InChI is InChI=1S/C9H15F3N2OS/c10-9(11,12)16-4-3-13-6-8(15)14-5-7-1-2-7/h7,13H,1-6H2,(H,14,15). The van der Waals surface area contributed by atoms with Crippen molar-refractivity contribution in [2.24, 2.45) is 5.92 Å². The van der Waals surface area contributed by atoms with Gasteiger partial charge in [0.2, 0.25) is 5.91 Å². The fourth-order valence-corrected chi connectivity index (χ4v) is 1.56. The molecule has 0 radical (unpaired) electrons. The monoisotopic (exact) mass is 256 g/mol. The van der Waals surface area contributed by atoms with Gasteiger partial charge in [-0.25, -0.2) is 0 Å². The van der Waals surface area contributed by atoms with E-state index in [1.165, 1.54) is 0 Å². The molecule has 0 spiro atoms. The van der Waals surface area contributed by atoms with Gasteiger partial charge in [-0.3, -0.25) is 4.79 Å². The minimum Gasteiger partial charge on any atom is -0.355 e. The van der Waals surface area contributed by atoms with Crippen molar-refractivity contribution in [1.82, 2.24) is 10.6 Å². The molecule has 1 aliphatic carbocycles. The average Bonchev–Trinajstić information content (AvgIpc) is 2.95. The van der Waals surface area contributed by atoms with Crippen molar-refractivity contribution in [2.45, 2.75) is 18.3 Å². The van der Waals surface area contributed by atoms with Crippen LogP contribution in [-0.2, 0) is 4.79 Å². The lowest BCUT2D eigenvalue weighted by Crippen LogP contribution is -2.35. The molecule has 0 unspecified atom stereocenters. The van der Waals surface area contributed by atoms with Crippen molar-refractivity contribution >= 4 is 17.7 Å². The highest BCUT2D eigenvalue weighted by atomic mass is 32.2. The third-order valence-electron chi connectivity index (χ3n) is 2.11. The van der Waals surface area contributed by atoms with Crippen molar-refractivity contribution in [2.75, 3.05) is 25.4 Å². The van der Waals surface area contributed by atoms with E-state index in [-0.39, 0.29) is 36.5 Å². The predicted octanol–water partition coefficient (Wildman–Crippen LogP) is 1.36. The molecule has 7 heteroatoms. The van der Waals surface area contributed by atoms with Crippen LogP contribution in [0.4, 0.5) is 13.2 Å². The van der Waals surface area contributed by atoms with Gasteiger partial charge in [0.15, 0.2) is 0 Å². The molecule has 0 bridgehead atoms. The molecule has 1 saturated carbocycles. The number of rotatable bonds is 7. The van der Waals surface area contributed by atoms with Crippen LogP contribution < -0.4 is 10.6 Å². The molecule has 0 atom stereocenters. The number of carbonyl (C=O) groups is 1. The average molecular weight is 256 g/mol. The van der Waals surface area contributed by atoms with Crippen LogP contribution in [0.1, 0.15) is 12.8 Å². The Labute approximate surface area is 96.5 Å². The number of hydrogen-bond acceptors (Lipinski definition) is 3. The summed E-state index contributed by atoms with van der Waals surface area (Å²) in [4.78, 5) is 11.1. The molecule has 16 heavy (non-hydrogen) atoms. The molecule has 1 rings (SSSR count). The van der Waals surface area contributed by atoms with E-state index in [4.69, 9.17) is 0 Å². The first-order valence-electron chi connectivity index (χ1n) is 5.15. The number of carbonyl (C=O) groups excluding carboxylic acids is 1. The Morgan fingerprint density at radius 1 is 1.38 bits per heavy atom. The first kappa shape index (κ1) is 13.6. The van der Waals surface area contributed by atoms with Gasteiger partial charge in [-0.05, 0) is 30.5 Å². The van der Waals surface area contributed by atoms with E-state index in [0.29, 0.717) is 12.5 Å². The number of amides is 1. The normalized spacial score (nSPS) is 16.2. The Balaban J connectivity index is 1.87. The lowest BCUT2D eigenvalue weighted by atomic mass is 10.4. The highest BCUT2D eigenvalue weighted by Crippen LogP contribution is 2.29. The van der Waals surface area contributed by atoms with E-state index in [2.05, 4.69) is 10.6 Å². The Hall–Kier alpha value is -0.430.